The number of hydrogen-bond donors (Lipinski definition) is 1. The Hall–Kier alpha value is -1.15. The number of ketones is 1. The molecule has 0 amide bonds. The summed E-state index contributed by atoms with van der Waals surface area (Å²) in [5, 5.41) is 3.38. The first-order valence-corrected chi connectivity index (χ1v) is 6.53. The molecular weight excluding hydrogens is 210 g/mol. The van der Waals surface area contributed by atoms with Gasteiger partial charge in [0, 0.05) is 5.56 Å². The van der Waals surface area contributed by atoms with Crippen LogP contribution in [0.5, 0.6) is 0 Å². The molecule has 1 heterocycles. The smallest absolute Gasteiger partial charge is 0.179 e. The maximum Gasteiger partial charge on any atom is 0.179 e. The van der Waals surface area contributed by atoms with Crippen molar-refractivity contribution in [2.75, 3.05) is 6.54 Å². The van der Waals surface area contributed by atoms with Crippen molar-refractivity contribution in [3.05, 3.63) is 34.9 Å². The van der Waals surface area contributed by atoms with Crippen LogP contribution in [0, 0.1) is 13.8 Å². The van der Waals surface area contributed by atoms with E-state index >= 15 is 0 Å². The fourth-order valence-electron chi connectivity index (χ4n) is 2.44. The van der Waals surface area contributed by atoms with Gasteiger partial charge < -0.3 is 5.32 Å². The Morgan fingerprint density at radius 2 is 2.06 bits per heavy atom. The number of nitrogens with one attached hydrogen (secondary N) is 1. The van der Waals surface area contributed by atoms with Gasteiger partial charge in [0.05, 0.1) is 6.04 Å². The van der Waals surface area contributed by atoms with Crippen LogP contribution < -0.4 is 5.32 Å². The van der Waals surface area contributed by atoms with E-state index in [0.29, 0.717) is 0 Å². The molecule has 1 aliphatic heterocycles. The van der Waals surface area contributed by atoms with E-state index in [-0.39, 0.29) is 11.8 Å². The van der Waals surface area contributed by atoms with E-state index in [2.05, 4.69) is 11.4 Å². The predicted octanol–water partition coefficient (Wildman–Crippen LogP) is 3.02. The zero-order chi connectivity index (χ0) is 12.3. The van der Waals surface area contributed by atoms with Crippen LogP contribution in [-0.2, 0) is 0 Å². The summed E-state index contributed by atoms with van der Waals surface area (Å²) in [4.78, 5) is 12.5. The fourth-order valence-corrected chi connectivity index (χ4v) is 2.44. The Kier molecular flexibility index (Phi) is 3.95. The Labute approximate surface area is 103 Å². The van der Waals surface area contributed by atoms with Crippen molar-refractivity contribution in [1.82, 2.24) is 5.32 Å². The Bertz CT molecular complexity index is 403. The van der Waals surface area contributed by atoms with Crippen LogP contribution in [0.4, 0.5) is 0 Å². The lowest BCUT2D eigenvalue weighted by Gasteiger charge is -2.16. The van der Waals surface area contributed by atoms with Crippen LogP contribution in [0.3, 0.4) is 0 Å². The molecule has 2 nitrogen and oxygen atoms in total. The van der Waals surface area contributed by atoms with E-state index in [9.17, 15) is 4.79 Å². The number of Topliss-reactive ketones (excluding diaryl/α,β-unsaturated/α-hetero) is 1. The molecule has 1 fully saturated rings. The second-order valence-corrected chi connectivity index (χ2v) is 5.04. The van der Waals surface area contributed by atoms with Crippen LogP contribution in [0.2, 0.25) is 0 Å². The summed E-state index contributed by atoms with van der Waals surface area (Å²) in [6.07, 6.45) is 4.57. The monoisotopic (exact) mass is 231 g/mol. The molecule has 17 heavy (non-hydrogen) atoms. The predicted molar refractivity (Wildman–Crippen MR) is 70.5 cm³/mol. The first-order valence-electron chi connectivity index (χ1n) is 6.53. The molecule has 1 aromatic rings. The molecule has 0 bridgehead atoms. The number of hydrogen-bond acceptors (Lipinski definition) is 2. The van der Waals surface area contributed by atoms with Gasteiger partial charge in [-0.05, 0) is 44.9 Å². The molecule has 1 aromatic carbocycles. The lowest BCUT2D eigenvalue weighted by atomic mass is 9.95. The largest absolute Gasteiger partial charge is 0.307 e. The van der Waals surface area contributed by atoms with E-state index in [1.165, 1.54) is 12.8 Å². The SMILES string of the molecule is Cc1ccc(C)c(C(=O)C2CCCCCN2)c1. The van der Waals surface area contributed by atoms with Crippen molar-refractivity contribution in [1.29, 1.82) is 0 Å². The number of aryl methyl sites for hydroxylation is 2. The van der Waals surface area contributed by atoms with E-state index < -0.39 is 0 Å². The van der Waals surface area contributed by atoms with E-state index in [1.807, 2.05) is 26.0 Å². The highest BCUT2D eigenvalue weighted by Gasteiger charge is 2.22. The van der Waals surface area contributed by atoms with Gasteiger partial charge in [-0.2, -0.15) is 0 Å². The van der Waals surface area contributed by atoms with E-state index in [0.717, 1.165) is 36.1 Å². The third-order valence-corrected chi connectivity index (χ3v) is 3.54. The molecule has 2 rings (SSSR count). The first-order chi connectivity index (χ1) is 8.18. The van der Waals surface area contributed by atoms with Crippen molar-refractivity contribution in [3.63, 3.8) is 0 Å². The van der Waals surface area contributed by atoms with Crippen LogP contribution in [-0.4, -0.2) is 18.4 Å². The second-order valence-electron chi connectivity index (χ2n) is 5.04. The third-order valence-electron chi connectivity index (χ3n) is 3.54. The quantitative estimate of drug-likeness (QED) is 0.793. The van der Waals surface area contributed by atoms with Gasteiger partial charge in [-0.15, -0.1) is 0 Å². The third kappa shape index (κ3) is 2.95. The number of rotatable bonds is 2. The summed E-state index contributed by atoms with van der Waals surface area (Å²) >= 11 is 0. The van der Waals surface area contributed by atoms with E-state index in [4.69, 9.17) is 0 Å². The summed E-state index contributed by atoms with van der Waals surface area (Å²) in [6.45, 7) is 5.03. The van der Waals surface area contributed by atoms with Crippen molar-refractivity contribution >= 4 is 5.78 Å². The average molecular weight is 231 g/mol. The second kappa shape index (κ2) is 5.46. The maximum atomic E-state index is 12.5. The fraction of sp³-hybridized carbons (Fsp3) is 0.533. The molecule has 0 radical (unpaired) electrons. The normalized spacial score (nSPS) is 20.9. The maximum absolute atomic E-state index is 12.5. The Morgan fingerprint density at radius 3 is 2.88 bits per heavy atom. The zero-order valence-electron chi connectivity index (χ0n) is 10.8. The van der Waals surface area contributed by atoms with Gasteiger partial charge in [0.2, 0.25) is 0 Å². The highest BCUT2D eigenvalue weighted by molar-refractivity contribution is 6.01. The molecular formula is C15H21NO. The standard InChI is InChI=1S/C15H21NO/c1-11-7-8-12(2)13(10-11)15(17)14-6-4-3-5-9-16-14/h7-8,10,14,16H,3-6,9H2,1-2H3. The van der Waals surface area contributed by atoms with Gasteiger partial charge in [-0.1, -0.05) is 30.5 Å². The minimum Gasteiger partial charge on any atom is -0.307 e. The van der Waals surface area contributed by atoms with Crippen molar-refractivity contribution < 1.29 is 4.79 Å². The summed E-state index contributed by atoms with van der Waals surface area (Å²) in [5.41, 5.74) is 3.14. The summed E-state index contributed by atoms with van der Waals surface area (Å²) < 4.78 is 0. The molecule has 1 aliphatic rings. The van der Waals surface area contributed by atoms with E-state index in [1.54, 1.807) is 0 Å². The number of carbonyl (C=O) groups is 1. The van der Waals surface area contributed by atoms with Crippen molar-refractivity contribution in [2.24, 2.45) is 0 Å². The average Bonchev–Trinajstić information content (AvgIpc) is 2.60. The van der Waals surface area contributed by atoms with Gasteiger partial charge >= 0.3 is 0 Å². The zero-order valence-corrected chi connectivity index (χ0v) is 10.8. The molecule has 92 valence electrons. The van der Waals surface area contributed by atoms with Gasteiger partial charge in [-0.25, -0.2) is 0 Å². The van der Waals surface area contributed by atoms with Gasteiger partial charge in [0.25, 0.3) is 0 Å². The highest BCUT2D eigenvalue weighted by atomic mass is 16.1. The highest BCUT2D eigenvalue weighted by Crippen LogP contribution is 2.17. The molecule has 0 saturated carbocycles. The molecule has 1 unspecified atom stereocenters. The topological polar surface area (TPSA) is 29.1 Å². The summed E-state index contributed by atoms with van der Waals surface area (Å²) in [6, 6.07) is 6.15. The first kappa shape index (κ1) is 12.3. The molecule has 0 spiro atoms. The molecule has 0 aromatic heterocycles. The minimum atomic E-state index is 0.0259. The number of benzene rings is 1. The lowest BCUT2D eigenvalue weighted by molar-refractivity contribution is 0.0940. The number of carbonyl (C=O) groups excluding carboxylic acids is 1. The molecule has 1 saturated heterocycles. The Morgan fingerprint density at radius 1 is 1.24 bits per heavy atom. The van der Waals surface area contributed by atoms with Crippen molar-refractivity contribution in [2.45, 2.75) is 45.6 Å². The van der Waals surface area contributed by atoms with Crippen LogP contribution in [0.1, 0.15) is 47.2 Å². The summed E-state index contributed by atoms with van der Waals surface area (Å²) in [5.74, 6) is 0.271. The molecule has 1 atom stereocenters. The van der Waals surface area contributed by atoms with Crippen LogP contribution >= 0.6 is 0 Å². The summed E-state index contributed by atoms with van der Waals surface area (Å²) in [7, 11) is 0. The minimum absolute atomic E-state index is 0.0259. The van der Waals surface area contributed by atoms with Crippen LogP contribution in [0.15, 0.2) is 18.2 Å². The molecule has 1 N–H and O–H groups in total. The lowest BCUT2D eigenvalue weighted by Crippen LogP contribution is -2.36. The van der Waals surface area contributed by atoms with Crippen molar-refractivity contribution in [3.8, 4) is 0 Å². The Balaban J connectivity index is 2.20. The molecule has 0 aliphatic carbocycles. The van der Waals surface area contributed by atoms with Gasteiger partial charge in [0.15, 0.2) is 5.78 Å². The molecule has 2 heteroatoms. The van der Waals surface area contributed by atoms with Gasteiger partial charge in [-0.3, -0.25) is 4.79 Å². The van der Waals surface area contributed by atoms with Crippen LogP contribution in [0.25, 0.3) is 0 Å². The van der Waals surface area contributed by atoms with Gasteiger partial charge in [0.1, 0.15) is 0 Å².